The number of hydrogen-bond acceptors (Lipinski definition) is 3. The smallest absolute Gasteiger partial charge is 0.337 e. The zero-order valence-electron chi connectivity index (χ0n) is 18.1. The minimum Gasteiger partial charge on any atom is -0.489 e. The molecule has 4 aromatic carbocycles. The number of rotatable bonds is 6. The standard InChI is InChI=1S/C28H20ClNO4/c29-26-12-9-20(15-25(26)28(32)33)19-6-4-5-18(13-19)17-34-23-10-11-24-21(14-23)16-30(27(24)31)22-7-2-1-3-8-22/h1-15H,16-17H2,(H,32,33). The number of carbonyl (C=O) groups excluding carboxylic acids is 1. The quantitative estimate of drug-likeness (QED) is 0.352. The molecule has 1 N–H and O–H groups in total. The Bertz CT molecular complexity index is 1400. The van der Waals surface area contributed by atoms with Crippen molar-refractivity contribution in [3.63, 3.8) is 0 Å². The van der Waals surface area contributed by atoms with Crippen molar-refractivity contribution in [1.82, 2.24) is 0 Å². The van der Waals surface area contributed by atoms with Gasteiger partial charge in [-0.3, -0.25) is 4.79 Å². The average Bonchev–Trinajstić information content (AvgIpc) is 3.19. The van der Waals surface area contributed by atoms with Crippen LogP contribution in [0.25, 0.3) is 11.1 Å². The Labute approximate surface area is 201 Å². The Balaban J connectivity index is 1.31. The fourth-order valence-corrected chi connectivity index (χ4v) is 4.28. The zero-order chi connectivity index (χ0) is 23.7. The van der Waals surface area contributed by atoms with E-state index in [1.807, 2.05) is 72.8 Å². The lowest BCUT2D eigenvalue weighted by Gasteiger charge is -2.15. The van der Waals surface area contributed by atoms with Crippen LogP contribution in [0.15, 0.2) is 91.0 Å². The van der Waals surface area contributed by atoms with Crippen LogP contribution in [0, 0.1) is 0 Å². The van der Waals surface area contributed by atoms with Crippen molar-refractivity contribution in [2.45, 2.75) is 13.2 Å². The summed E-state index contributed by atoms with van der Waals surface area (Å²) >= 11 is 6.00. The van der Waals surface area contributed by atoms with Crippen LogP contribution in [0.4, 0.5) is 5.69 Å². The predicted molar refractivity (Wildman–Crippen MR) is 132 cm³/mol. The van der Waals surface area contributed by atoms with Gasteiger partial charge in [0.2, 0.25) is 0 Å². The molecule has 1 aliphatic rings. The van der Waals surface area contributed by atoms with Crippen LogP contribution in [-0.2, 0) is 13.2 Å². The van der Waals surface area contributed by atoms with E-state index in [1.54, 1.807) is 23.1 Å². The SMILES string of the molecule is O=C(O)c1cc(-c2cccc(COc3ccc4c(c3)CN(c3ccccc3)C4=O)c2)ccc1Cl. The molecule has 1 aliphatic heterocycles. The van der Waals surface area contributed by atoms with E-state index in [-0.39, 0.29) is 16.5 Å². The summed E-state index contributed by atoms with van der Waals surface area (Å²) in [5, 5.41) is 9.54. The molecular formula is C28H20ClNO4. The first-order valence-corrected chi connectivity index (χ1v) is 11.1. The molecule has 168 valence electrons. The predicted octanol–water partition coefficient (Wildman–Crippen LogP) is 6.44. The maximum atomic E-state index is 12.8. The van der Waals surface area contributed by atoms with Crippen molar-refractivity contribution in [2.75, 3.05) is 4.90 Å². The summed E-state index contributed by atoms with van der Waals surface area (Å²) in [6.07, 6.45) is 0. The molecule has 0 aliphatic carbocycles. The molecule has 0 fully saturated rings. The highest BCUT2D eigenvalue weighted by Crippen LogP contribution is 2.31. The van der Waals surface area contributed by atoms with Gasteiger partial charge in [-0.25, -0.2) is 4.79 Å². The van der Waals surface area contributed by atoms with Gasteiger partial charge in [-0.1, -0.05) is 54.1 Å². The number of amides is 1. The molecule has 34 heavy (non-hydrogen) atoms. The van der Waals surface area contributed by atoms with Gasteiger partial charge in [-0.15, -0.1) is 0 Å². The molecule has 5 rings (SSSR count). The van der Waals surface area contributed by atoms with Gasteiger partial charge >= 0.3 is 5.97 Å². The van der Waals surface area contributed by atoms with Crippen LogP contribution in [0.3, 0.4) is 0 Å². The van der Waals surface area contributed by atoms with Gasteiger partial charge in [0, 0.05) is 11.3 Å². The summed E-state index contributed by atoms with van der Waals surface area (Å²) in [6, 6.07) is 27.8. The van der Waals surface area contributed by atoms with Crippen molar-refractivity contribution >= 4 is 29.2 Å². The van der Waals surface area contributed by atoms with Crippen LogP contribution >= 0.6 is 11.6 Å². The third-order valence-corrected chi connectivity index (χ3v) is 6.14. The van der Waals surface area contributed by atoms with Gasteiger partial charge in [0.25, 0.3) is 5.91 Å². The number of anilines is 1. The normalized spacial score (nSPS) is 12.5. The molecule has 0 saturated carbocycles. The average molecular weight is 470 g/mol. The Morgan fingerprint density at radius 1 is 0.912 bits per heavy atom. The van der Waals surface area contributed by atoms with E-state index in [4.69, 9.17) is 16.3 Å². The highest BCUT2D eigenvalue weighted by molar-refractivity contribution is 6.33. The van der Waals surface area contributed by atoms with Crippen molar-refractivity contribution in [2.24, 2.45) is 0 Å². The third kappa shape index (κ3) is 4.26. The fourth-order valence-electron chi connectivity index (χ4n) is 4.08. The third-order valence-electron chi connectivity index (χ3n) is 5.81. The number of carboxylic acid groups (broad SMARTS) is 1. The van der Waals surface area contributed by atoms with Gasteiger partial charge in [0.1, 0.15) is 12.4 Å². The molecule has 1 amide bonds. The Kier molecular flexibility index (Phi) is 5.78. The van der Waals surface area contributed by atoms with E-state index in [2.05, 4.69) is 0 Å². The van der Waals surface area contributed by atoms with Crippen molar-refractivity contribution in [3.8, 4) is 16.9 Å². The molecule has 0 saturated heterocycles. The molecular weight excluding hydrogens is 450 g/mol. The summed E-state index contributed by atoms with van der Waals surface area (Å²) in [5.74, 6) is -0.386. The van der Waals surface area contributed by atoms with Gasteiger partial charge in [0.15, 0.2) is 0 Å². The lowest BCUT2D eigenvalue weighted by molar-refractivity contribution is 0.0697. The lowest BCUT2D eigenvalue weighted by Crippen LogP contribution is -2.22. The minimum atomic E-state index is -1.06. The largest absolute Gasteiger partial charge is 0.489 e. The first kappa shape index (κ1) is 21.7. The number of halogens is 1. The van der Waals surface area contributed by atoms with Crippen LogP contribution in [0.2, 0.25) is 5.02 Å². The molecule has 0 atom stereocenters. The summed E-state index contributed by atoms with van der Waals surface area (Å²) in [4.78, 5) is 26.0. The van der Waals surface area contributed by atoms with Crippen LogP contribution in [0.1, 0.15) is 31.8 Å². The molecule has 0 aromatic heterocycles. The number of fused-ring (bicyclic) bond motifs is 1. The molecule has 0 radical (unpaired) electrons. The van der Waals surface area contributed by atoms with Gasteiger partial charge in [-0.2, -0.15) is 0 Å². The maximum Gasteiger partial charge on any atom is 0.337 e. The second-order valence-electron chi connectivity index (χ2n) is 8.03. The number of aromatic carboxylic acids is 1. The van der Waals surface area contributed by atoms with Gasteiger partial charge in [0.05, 0.1) is 17.1 Å². The Hall–Kier alpha value is -4.09. The summed E-state index contributed by atoms with van der Waals surface area (Å²) in [5.41, 5.74) is 5.14. The van der Waals surface area contributed by atoms with Gasteiger partial charge in [-0.05, 0) is 70.8 Å². The molecule has 0 spiro atoms. The Morgan fingerprint density at radius 3 is 2.50 bits per heavy atom. The van der Waals surface area contributed by atoms with Crippen LogP contribution in [-0.4, -0.2) is 17.0 Å². The van der Waals surface area contributed by atoms with E-state index in [9.17, 15) is 14.7 Å². The van der Waals surface area contributed by atoms with Crippen LogP contribution in [0.5, 0.6) is 5.75 Å². The fraction of sp³-hybridized carbons (Fsp3) is 0.0714. The number of hydrogen-bond donors (Lipinski definition) is 1. The van der Waals surface area contributed by atoms with Crippen molar-refractivity contribution < 1.29 is 19.4 Å². The Morgan fingerprint density at radius 2 is 1.71 bits per heavy atom. The molecule has 1 heterocycles. The topological polar surface area (TPSA) is 66.8 Å². The molecule has 0 unspecified atom stereocenters. The number of para-hydroxylation sites is 1. The molecule has 6 heteroatoms. The lowest BCUT2D eigenvalue weighted by atomic mass is 10.0. The number of ether oxygens (including phenoxy) is 1. The second-order valence-corrected chi connectivity index (χ2v) is 8.44. The molecule has 5 nitrogen and oxygen atoms in total. The number of carboxylic acids is 1. The van der Waals surface area contributed by atoms with Crippen molar-refractivity contribution in [1.29, 1.82) is 0 Å². The second kappa shape index (κ2) is 9.04. The summed E-state index contributed by atoms with van der Waals surface area (Å²) in [7, 11) is 0. The number of carbonyl (C=O) groups is 2. The number of nitrogens with zero attached hydrogens (tertiary/aromatic N) is 1. The van der Waals surface area contributed by atoms with E-state index >= 15 is 0 Å². The van der Waals surface area contributed by atoms with E-state index < -0.39 is 5.97 Å². The molecule has 0 bridgehead atoms. The summed E-state index contributed by atoms with van der Waals surface area (Å²) in [6.45, 7) is 0.843. The van der Waals surface area contributed by atoms with Crippen LogP contribution < -0.4 is 9.64 Å². The number of benzene rings is 4. The zero-order valence-corrected chi connectivity index (χ0v) is 18.8. The highest BCUT2D eigenvalue weighted by atomic mass is 35.5. The van der Waals surface area contributed by atoms with E-state index in [1.165, 1.54) is 0 Å². The monoisotopic (exact) mass is 469 g/mol. The van der Waals surface area contributed by atoms with Gasteiger partial charge < -0.3 is 14.7 Å². The molecule has 4 aromatic rings. The minimum absolute atomic E-state index is 0.0101. The first-order chi connectivity index (χ1) is 16.5. The maximum absolute atomic E-state index is 12.8. The van der Waals surface area contributed by atoms with E-state index in [0.717, 1.165) is 27.9 Å². The van der Waals surface area contributed by atoms with Crippen molar-refractivity contribution in [3.05, 3.63) is 118 Å². The highest BCUT2D eigenvalue weighted by Gasteiger charge is 2.28. The first-order valence-electron chi connectivity index (χ1n) is 10.7. The van der Waals surface area contributed by atoms with E-state index in [0.29, 0.717) is 24.5 Å². The summed E-state index contributed by atoms with van der Waals surface area (Å²) < 4.78 is 6.02.